The van der Waals surface area contributed by atoms with Gasteiger partial charge in [-0.25, -0.2) is 9.59 Å². The SMILES string of the molecule is Cc1ccc(C(=O)OC[C@H]2O[C@@H](C(=O)Nc3cc([N+](=O)[O-])ccc3N)C[C@@H]2OC(=O)c2ccc(C)cc2)cc1. The van der Waals surface area contributed by atoms with E-state index in [1.165, 1.54) is 12.1 Å². The predicted molar refractivity (Wildman–Crippen MR) is 141 cm³/mol. The van der Waals surface area contributed by atoms with E-state index in [9.17, 15) is 24.5 Å². The van der Waals surface area contributed by atoms with Crippen LogP contribution in [0.25, 0.3) is 0 Å². The summed E-state index contributed by atoms with van der Waals surface area (Å²) in [5.41, 5.74) is 8.38. The standard InChI is InChI=1S/C28H27N3O8/c1-16-3-7-18(8-4-16)27(33)37-15-25-23(39-28(34)19-9-5-17(2)6-10-19)14-24(38-25)26(32)30-22-13-20(31(35)36)11-12-21(22)29/h3-13,23-25H,14-15,29H2,1-2H3,(H,30,32)/t23-,24+,25+/m0/s1. The molecule has 3 aromatic carbocycles. The smallest absolute Gasteiger partial charge is 0.338 e. The topological polar surface area (TPSA) is 160 Å². The molecule has 202 valence electrons. The van der Waals surface area contributed by atoms with Crippen molar-refractivity contribution in [1.82, 2.24) is 0 Å². The van der Waals surface area contributed by atoms with Crippen LogP contribution in [0.4, 0.5) is 17.1 Å². The van der Waals surface area contributed by atoms with Crippen LogP contribution in [0.2, 0.25) is 0 Å². The van der Waals surface area contributed by atoms with Gasteiger partial charge in [0.15, 0.2) is 0 Å². The van der Waals surface area contributed by atoms with Gasteiger partial charge in [0.2, 0.25) is 0 Å². The number of nitrogens with two attached hydrogens (primary N) is 1. The van der Waals surface area contributed by atoms with Gasteiger partial charge < -0.3 is 25.3 Å². The molecule has 1 amide bonds. The van der Waals surface area contributed by atoms with E-state index in [4.69, 9.17) is 19.9 Å². The van der Waals surface area contributed by atoms with Gasteiger partial charge in [-0.05, 0) is 44.2 Å². The van der Waals surface area contributed by atoms with Gasteiger partial charge in [0.05, 0.1) is 27.4 Å². The molecule has 3 atom stereocenters. The van der Waals surface area contributed by atoms with Crippen molar-refractivity contribution in [3.05, 3.63) is 99.1 Å². The molecule has 1 fully saturated rings. The molecule has 11 nitrogen and oxygen atoms in total. The lowest BCUT2D eigenvalue weighted by atomic mass is 10.1. The van der Waals surface area contributed by atoms with Crippen molar-refractivity contribution in [2.75, 3.05) is 17.7 Å². The molecule has 0 unspecified atom stereocenters. The molecular formula is C28H27N3O8. The average Bonchev–Trinajstić information content (AvgIpc) is 3.31. The summed E-state index contributed by atoms with van der Waals surface area (Å²) >= 11 is 0. The Morgan fingerprint density at radius 1 is 0.974 bits per heavy atom. The highest BCUT2D eigenvalue weighted by Crippen LogP contribution is 2.29. The van der Waals surface area contributed by atoms with E-state index in [0.717, 1.165) is 17.2 Å². The van der Waals surface area contributed by atoms with Gasteiger partial charge in [-0.2, -0.15) is 0 Å². The number of nitrogens with zero attached hydrogens (tertiary/aromatic N) is 1. The van der Waals surface area contributed by atoms with Crippen molar-refractivity contribution in [2.24, 2.45) is 0 Å². The summed E-state index contributed by atoms with van der Waals surface area (Å²) in [7, 11) is 0. The van der Waals surface area contributed by atoms with Crippen LogP contribution in [0.15, 0.2) is 66.7 Å². The number of carbonyl (C=O) groups excluding carboxylic acids is 3. The lowest BCUT2D eigenvalue weighted by Crippen LogP contribution is -2.32. The maximum atomic E-state index is 13.0. The Bertz CT molecular complexity index is 1390. The molecular weight excluding hydrogens is 506 g/mol. The Morgan fingerprint density at radius 3 is 2.15 bits per heavy atom. The molecule has 0 spiro atoms. The van der Waals surface area contributed by atoms with Crippen molar-refractivity contribution in [3.63, 3.8) is 0 Å². The summed E-state index contributed by atoms with van der Waals surface area (Å²) < 4.78 is 16.9. The quantitative estimate of drug-likeness (QED) is 0.189. The van der Waals surface area contributed by atoms with Crippen molar-refractivity contribution >= 4 is 34.9 Å². The van der Waals surface area contributed by atoms with Gasteiger partial charge in [0, 0.05) is 18.6 Å². The number of rotatable bonds is 8. The van der Waals surface area contributed by atoms with Crippen LogP contribution in [0, 0.1) is 24.0 Å². The zero-order valence-corrected chi connectivity index (χ0v) is 21.3. The lowest BCUT2D eigenvalue weighted by molar-refractivity contribution is -0.384. The Hall–Kier alpha value is -4.77. The number of non-ortho nitro benzene ring substituents is 1. The zero-order valence-electron chi connectivity index (χ0n) is 21.3. The number of nitrogen functional groups attached to an aromatic ring is 1. The summed E-state index contributed by atoms with van der Waals surface area (Å²) in [6.07, 6.45) is -3.00. The van der Waals surface area contributed by atoms with Crippen molar-refractivity contribution < 1.29 is 33.5 Å². The van der Waals surface area contributed by atoms with Crippen LogP contribution in [-0.4, -0.2) is 47.7 Å². The number of ether oxygens (including phenoxy) is 3. The normalized spacial score (nSPS) is 18.3. The summed E-state index contributed by atoms with van der Waals surface area (Å²) in [5.74, 6) is -1.87. The predicted octanol–water partition coefficient (Wildman–Crippen LogP) is 3.97. The largest absolute Gasteiger partial charge is 0.459 e. The molecule has 4 rings (SSSR count). The van der Waals surface area contributed by atoms with Gasteiger partial charge >= 0.3 is 11.9 Å². The first-order valence-electron chi connectivity index (χ1n) is 12.1. The summed E-state index contributed by atoms with van der Waals surface area (Å²) in [4.78, 5) is 48.9. The maximum absolute atomic E-state index is 13.0. The van der Waals surface area contributed by atoms with Crippen molar-refractivity contribution in [3.8, 4) is 0 Å². The molecule has 39 heavy (non-hydrogen) atoms. The molecule has 0 saturated carbocycles. The van der Waals surface area contributed by atoms with Crippen LogP contribution in [0.3, 0.4) is 0 Å². The number of benzene rings is 3. The lowest BCUT2D eigenvalue weighted by Gasteiger charge is -2.19. The minimum absolute atomic E-state index is 0.0367. The molecule has 3 N–H and O–H groups in total. The van der Waals surface area contributed by atoms with E-state index >= 15 is 0 Å². The number of aryl methyl sites for hydroxylation is 2. The second kappa shape index (κ2) is 11.7. The number of carbonyl (C=O) groups is 3. The van der Waals surface area contributed by atoms with E-state index in [2.05, 4.69) is 5.32 Å². The highest BCUT2D eigenvalue weighted by atomic mass is 16.6. The minimum Gasteiger partial charge on any atom is -0.459 e. The maximum Gasteiger partial charge on any atom is 0.338 e. The summed E-state index contributed by atoms with van der Waals surface area (Å²) in [5, 5.41) is 13.6. The number of esters is 2. The van der Waals surface area contributed by atoms with E-state index in [1.807, 2.05) is 13.8 Å². The fourth-order valence-electron chi connectivity index (χ4n) is 3.96. The third kappa shape index (κ3) is 6.76. The zero-order chi connectivity index (χ0) is 28.1. The summed E-state index contributed by atoms with van der Waals surface area (Å²) in [6.45, 7) is 3.50. The highest BCUT2D eigenvalue weighted by molar-refractivity contribution is 5.97. The number of hydrogen-bond donors (Lipinski definition) is 2. The van der Waals surface area contributed by atoms with Crippen molar-refractivity contribution in [2.45, 2.75) is 38.6 Å². The second-order valence-corrected chi connectivity index (χ2v) is 9.19. The number of hydrogen-bond acceptors (Lipinski definition) is 9. The van der Waals surface area contributed by atoms with Crippen LogP contribution in [0.5, 0.6) is 0 Å². The van der Waals surface area contributed by atoms with Crippen LogP contribution < -0.4 is 11.1 Å². The van der Waals surface area contributed by atoms with Gasteiger partial charge in [-0.15, -0.1) is 0 Å². The molecule has 1 saturated heterocycles. The first kappa shape index (κ1) is 27.3. The van der Waals surface area contributed by atoms with Gasteiger partial charge in [-0.1, -0.05) is 35.4 Å². The molecule has 0 aliphatic carbocycles. The molecule has 11 heteroatoms. The third-order valence-corrected chi connectivity index (χ3v) is 6.21. The van der Waals surface area contributed by atoms with Gasteiger partial charge in [0.25, 0.3) is 11.6 Å². The molecule has 0 radical (unpaired) electrons. The Balaban J connectivity index is 1.48. The number of nitro groups is 1. The van der Waals surface area contributed by atoms with Gasteiger partial charge in [-0.3, -0.25) is 14.9 Å². The third-order valence-electron chi connectivity index (χ3n) is 6.21. The Morgan fingerprint density at radius 2 is 1.56 bits per heavy atom. The molecule has 1 aliphatic rings. The van der Waals surface area contributed by atoms with Crippen molar-refractivity contribution in [1.29, 1.82) is 0 Å². The molecule has 1 aliphatic heterocycles. The fourth-order valence-corrected chi connectivity index (χ4v) is 3.96. The molecule has 0 bridgehead atoms. The van der Waals surface area contributed by atoms with E-state index < -0.39 is 41.1 Å². The Kier molecular flexibility index (Phi) is 8.21. The summed E-state index contributed by atoms with van der Waals surface area (Å²) in [6, 6.07) is 17.2. The van der Waals surface area contributed by atoms with Gasteiger partial charge in [0.1, 0.15) is 24.9 Å². The molecule has 0 aromatic heterocycles. The molecule has 1 heterocycles. The first-order valence-corrected chi connectivity index (χ1v) is 12.1. The van der Waals surface area contributed by atoms with Crippen LogP contribution >= 0.6 is 0 Å². The Labute approximate surface area is 224 Å². The first-order chi connectivity index (χ1) is 18.6. The monoisotopic (exact) mass is 533 g/mol. The number of anilines is 2. The number of nitro benzene ring substituents is 1. The van der Waals surface area contributed by atoms with Crippen LogP contribution in [0.1, 0.15) is 38.3 Å². The number of nitrogens with one attached hydrogen (secondary N) is 1. The fraction of sp³-hybridized carbons (Fsp3) is 0.250. The second-order valence-electron chi connectivity index (χ2n) is 9.19. The number of amides is 1. The van der Waals surface area contributed by atoms with Crippen LogP contribution in [-0.2, 0) is 19.0 Å². The molecule has 3 aromatic rings. The average molecular weight is 534 g/mol. The highest BCUT2D eigenvalue weighted by Gasteiger charge is 2.42. The minimum atomic E-state index is -1.11. The van der Waals surface area contributed by atoms with E-state index in [1.54, 1.807) is 48.5 Å². The van der Waals surface area contributed by atoms with E-state index in [0.29, 0.717) is 11.1 Å². The van der Waals surface area contributed by atoms with E-state index in [-0.39, 0.29) is 30.1 Å².